The van der Waals surface area contributed by atoms with Crippen molar-refractivity contribution in [3.63, 3.8) is 0 Å². The highest BCUT2D eigenvalue weighted by atomic mass is 16.5. The summed E-state index contributed by atoms with van der Waals surface area (Å²) in [5, 5.41) is 23.9. The van der Waals surface area contributed by atoms with Crippen molar-refractivity contribution in [3.05, 3.63) is 24.3 Å². The number of hydrogen-bond acceptors (Lipinski definition) is 5. The van der Waals surface area contributed by atoms with Crippen molar-refractivity contribution in [1.82, 2.24) is 5.32 Å². The first kappa shape index (κ1) is 62.3. The van der Waals surface area contributed by atoms with E-state index in [4.69, 9.17) is 4.74 Å². The summed E-state index contributed by atoms with van der Waals surface area (Å²) < 4.78 is 5.95. The van der Waals surface area contributed by atoms with Gasteiger partial charge < -0.3 is 20.3 Å². The van der Waals surface area contributed by atoms with Gasteiger partial charge in [0.1, 0.15) is 6.10 Å². The second kappa shape index (κ2) is 52.3. The summed E-state index contributed by atoms with van der Waals surface area (Å²) in [6.07, 6.45) is 61.0. The SMILES string of the molecule is CCCCCCCCC/C=C/C=C/CCCCCC(=O)OC(CCCCCCCCCCCCCCCC)CC(=O)NC(CO)C(O)CCCCCCCCCCCCCCCCC. The quantitative estimate of drug-likeness (QED) is 0.0321. The summed E-state index contributed by atoms with van der Waals surface area (Å²) in [4.78, 5) is 26.2. The molecule has 0 aliphatic rings. The zero-order valence-corrected chi connectivity index (χ0v) is 43.2. The fourth-order valence-corrected chi connectivity index (χ4v) is 8.95. The molecule has 0 fully saturated rings. The number of rotatable bonds is 52. The molecule has 0 rings (SSSR count). The molecule has 0 bridgehead atoms. The van der Waals surface area contributed by atoms with E-state index in [1.165, 1.54) is 205 Å². The van der Waals surface area contributed by atoms with Crippen LogP contribution in [0.1, 0.15) is 310 Å². The molecule has 6 heteroatoms. The van der Waals surface area contributed by atoms with Crippen molar-refractivity contribution in [2.24, 2.45) is 0 Å². The molecular weight excluding hydrogens is 791 g/mol. The number of amides is 1. The summed E-state index contributed by atoms with van der Waals surface area (Å²) in [5.41, 5.74) is 0. The normalized spacial score (nSPS) is 13.3. The Morgan fingerprint density at radius 3 is 1.16 bits per heavy atom. The molecule has 0 aromatic rings. The number of hydrogen-bond donors (Lipinski definition) is 3. The van der Waals surface area contributed by atoms with Crippen LogP contribution in [-0.2, 0) is 14.3 Å². The molecule has 6 nitrogen and oxygen atoms in total. The Morgan fingerprint density at radius 1 is 0.453 bits per heavy atom. The number of allylic oxidation sites excluding steroid dienone is 4. The summed E-state index contributed by atoms with van der Waals surface area (Å²) in [6, 6.07) is -0.703. The van der Waals surface area contributed by atoms with Crippen LogP contribution in [0.4, 0.5) is 0 Å². The minimum Gasteiger partial charge on any atom is -0.462 e. The van der Waals surface area contributed by atoms with E-state index in [1.54, 1.807) is 0 Å². The largest absolute Gasteiger partial charge is 0.462 e. The average molecular weight is 903 g/mol. The monoisotopic (exact) mass is 902 g/mol. The first-order chi connectivity index (χ1) is 31.5. The first-order valence-electron chi connectivity index (χ1n) is 28.6. The average Bonchev–Trinajstić information content (AvgIpc) is 3.29. The smallest absolute Gasteiger partial charge is 0.306 e. The molecule has 0 saturated carbocycles. The summed E-state index contributed by atoms with van der Waals surface area (Å²) in [7, 11) is 0. The summed E-state index contributed by atoms with van der Waals surface area (Å²) >= 11 is 0. The highest BCUT2D eigenvalue weighted by molar-refractivity contribution is 5.77. The van der Waals surface area contributed by atoms with E-state index in [0.29, 0.717) is 19.3 Å². The van der Waals surface area contributed by atoms with Gasteiger partial charge in [-0.05, 0) is 51.4 Å². The van der Waals surface area contributed by atoms with Crippen LogP contribution >= 0.6 is 0 Å². The fourth-order valence-electron chi connectivity index (χ4n) is 8.95. The Hall–Kier alpha value is -1.66. The minimum absolute atomic E-state index is 0.0730. The predicted octanol–water partition coefficient (Wildman–Crippen LogP) is 17.5. The molecule has 0 saturated heterocycles. The standard InChI is InChI=1S/C58H111NO5/c1-4-7-10-13-16-19-22-25-28-30-33-36-39-42-45-48-51-58(63)64-54(49-46-43-40-37-34-31-27-24-21-18-15-12-9-6-3)52-57(62)59-55(53-60)56(61)50-47-44-41-38-35-32-29-26-23-20-17-14-11-8-5-2/h28,30,33,36,54-56,60-61H,4-27,29,31-32,34-35,37-53H2,1-3H3,(H,59,62)/b30-28+,36-33+. The molecule has 378 valence electrons. The van der Waals surface area contributed by atoms with Crippen LogP contribution in [-0.4, -0.2) is 46.9 Å². The van der Waals surface area contributed by atoms with Gasteiger partial charge in [0.25, 0.3) is 0 Å². The van der Waals surface area contributed by atoms with Gasteiger partial charge in [0.15, 0.2) is 0 Å². The number of carbonyl (C=O) groups is 2. The number of nitrogens with one attached hydrogen (secondary N) is 1. The lowest BCUT2D eigenvalue weighted by atomic mass is 10.0. The minimum atomic E-state index is -0.788. The molecule has 3 atom stereocenters. The van der Waals surface area contributed by atoms with Crippen molar-refractivity contribution in [1.29, 1.82) is 0 Å². The van der Waals surface area contributed by atoms with Crippen LogP contribution in [0.15, 0.2) is 24.3 Å². The van der Waals surface area contributed by atoms with Crippen LogP contribution in [0.2, 0.25) is 0 Å². The third kappa shape index (κ3) is 46.9. The lowest BCUT2D eigenvalue weighted by Crippen LogP contribution is -2.46. The number of aliphatic hydroxyl groups is 2. The van der Waals surface area contributed by atoms with E-state index in [-0.39, 0.29) is 24.9 Å². The maximum absolute atomic E-state index is 13.3. The van der Waals surface area contributed by atoms with E-state index < -0.39 is 18.2 Å². The number of unbranched alkanes of at least 4 members (excludes halogenated alkanes) is 37. The van der Waals surface area contributed by atoms with Crippen LogP contribution in [0.25, 0.3) is 0 Å². The third-order valence-corrected chi connectivity index (χ3v) is 13.3. The molecule has 0 heterocycles. The van der Waals surface area contributed by atoms with E-state index in [9.17, 15) is 19.8 Å². The number of ether oxygens (including phenoxy) is 1. The highest BCUT2D eigenvalue weighted by Gasteiger charge is 2.24. The van der Waals surface area contributed by atoms with Gasteiger partial charge in [-0.15, -0.1) is 0 Å². The van der Waals surface area contributed by atoms with Crippen LogP contribution in [0, 0.1) is 0 Å². The lowest BCUT2D eigenvalue weighted by Gasteiger charge is -2.24. The van der Waals surface area contributed by atoms with Gasteiger partial charge in [0.2, 0.25) is 5.91 Å². The second-order valence-electron chi connectivity index (χ2n) is 19.7. The van der Waals surface area contributed by atoms with E-state index >= 15 is 0 Å². The summed E-state index contributed by atoms with van der Waals surface area (Å²) in [6.45, 7) is 6.51. The van der Waals surface area contributed by atoms with E-state index in [2.05, 4.69) is 50.4 Å². The Kier molecular flexibility index (Phi) is 51.0. The molecule has 0 aliphatic carbocycles. The van der Waals surface area contributed by atoms with Gasteiger partial charge in [0.05, 0.1) is 25.2 Å². The zero-order valence-electron chi connectivity index (χ0n) is 43.2. The molecule has 0 aromatic carbocycles. The van der Waals surface area contributed by atoms with E-state index in [0.717, 1.165) is 57.8 Å². The maximum atomic E-state index is 13.3. The van der Waals surface area contributed by atoms with Crippen LogP contribution in [0.3, 0.4) is 0 Å². The number of esters is 1. The van der Waals surface area contributed by atoms with Crippen molar-refractivity contribution >= 4 is 11.9 Å². The Bertz CT molecular complexity index is 1010. The molecule has 64 heavy (non-hydrogen) atoms. The summed E-state index contributed by atoms with van der Waals surface area (Å²) in [5.74, 6) is -0.486. The van der Waals surface area contributed by atoms with Gasteiger partial charge in [-0.1, -0.05) is 270 Å². The Labute approximate surface area is 399 Å². The Balaban J connectivity index is 4.55. The topological polar surface area (TPSA) is 95.9 Å². The molecule has 0 spiro atoms. The van der Waals surface area contributed by atoms with Gasteiger partial charge in [-0.2, -0.15) is 0 Å². The Morgan fingerprint density at radius 2 is 0.781 bits per heavy atom. The van der Waals surface area contributed by atoms with E-state index in [1.807, 2.05) is 0 Å². The molecular formula is C58H111NO5. The second-order valence-corrected chi connectivity index (χ2v) is 19.7. The number of carbonyl (C=O) groups excluding carboxylic acids is 2. The highest BCUT2D eigenvalue weighted by Crippen LogP contribution is 2.19. The van der Waals surface area contributed by atoms with Gasteiger partial charge in [-0.25, -0.2) is 0 Å². The van der Waals surface area contributed by atoms with Crippen molar-refractivity contribution in [2.75, 3.05) is 6.61 Å². The molecule has 3 unspecified atom stereocenters. The first-order valence-corrected chi connectivity index (χ1v) is 28.6. The van der Waals surface area contributed by atoms with Gasteiger partial charge in [-0.3, -0.25) is 9.59 Å². The third-order valence-electron chi connectivity index (χ3n) is 13.3. The van der Waals surface area contributed by atoms with Gasteiger partial charge in [0, 0.05) is 6.42 Å². The van der Waals surface area contributed by atoms with Crippen LogP contribution in [0.5, 0.6) is 0 Å². The zero-order chi connectivity index (χ0) is 46.7. The maximum Gasteiger partial charge on any atom is 0.306 e. The van der Waals surface area contributed by atoms with Crippen molar-refractivity contribution < 1.29 is 24.5 Å². The molecule has 0 aromatic heterocycles. The van der Waals surface area contributed by atoms with Crippen molar-refractivity contribution in [3.8, 4) is 0 Å². The molecule has 3 N–H and O–H groups in total. The molecule has 1 amide bonds. The van der Waals surface area contributed by atoms with Crippen LogP contribution < -0.4 is 5.32 Å². The lowest BCUT2D eigenvalue weighted by molar-refractivity contribution is -0.151. The predicted molar refractivity (Wildman–Crippen MR) is 278 cm³/mol. The fraction of sp³-hybridized carbons (Fsp3) is 0.897. The molecule has 0 radical (unpaired) electrons. The van der Waals surface area contributed by atoms with Crippen molar-refractivity contribution in [2.45, 2.75) is 328 Å². The number of aliphatic hydroxyl groups excluding tert-OH is 2. The molecule has 0 aliphatic heterocycles. The van der Waals surface area contributed by atoms with Gasteiger partial charge >= 0.3 is 5.97 Å².